The molecule has 0 spiro atoms. The number of nitrogens with zero attached hydrogens (tertiary/aromatic N) is 5. The molecule has 158 valence electrons. The number of aliphatic imine (C=N–C) groups is 1. The highest BCUT2D eigenvalue weighted by Gasteiger charge is 2.35. The fourth-order valence-electron chi connectivity index (χ4n) is 4.06. The maximum atomic E-state index is 9.11. The van der Waals surface area contributed by atoms with Crippen LogP contribution in [-0.2, 0) is 16.1 Å². The quantitative estimate of drug-likeness (QED) is 0.818. The number of aromatic nitrogens is 1. The first-order valence-corrected chi connectivity index (χ1v) is 10.5. The van der Waals surface area contributed by atoms with E-state index in [4.69, 9.17) is 19.7 Å². The van der Waals surface area contributed by atoms with Gasteiger partial charge in [0.2, 0.25) is 5.90 Å². The van der Waals surface area contributed by atoms with E-state index in [1.165, 1.54) is 0 Å². The first kappa shape index (κ1) is 19.5. The third-order valence-corrected chi connectivity index (χ3v) is 5.70. The average Bonchev–Trinajstić information content (AvgIpc) is 3.28. The molecule has 2 aromatic rings. The lowest BCUT2D eigenvalue weighted by molar-refractivity contribution is 0.0119. The molecule has 3 aliphatic heterocycles. The zero-order chi connectivity index (χ0) is 21.0. The Kier molecular flexibility index (Phi) is 5.52. The highest BCUT2D eigenvalue weighted by Crippen LogP contribution is 2.32. The van der Waals surface area contributed by atoms with Crippen molar-refractivity contribution in [1.82, 2.24) is 15.2 Å². The minimum absolute atomic E-state index is 0.203. The first-order chi connectivity index (χ1) is 15.3. The van der Waals surface area contributed by atoms with Crippen molar-refractivity contribution in [3.05, 3.63) is 71.3 Å². The smallest absolute Gasteiger partial charge is 0.219 e. The number of morpholine rings is 1. The van der Waals surface area contributed by atoms with Crippen molar-refractivity contribution in [2.24, 2.45) is 4.99 Å². The molecule has 4 heterocycles. The highest BCUT2D eigenvalue weighted by atomic mass is 16.5. The van der Waals surface area contributed by atoms with Crippen LogP contribution in [0.5, 0.6) is 0 Å². The highest BCUT2D eigenvalue weighted by molar-refractivity contribution is 5.96. The molecule has 8 heteroatoms. The number of ether oxygens (including phenoxy) is 2. The molecule has 1 aromatic carbocycles. The summed E-state index contributed by atoms with van der Waals surface area (Å²) < 4.78 is 11.7. The van der Waals surface area contributed by atoms with E-state index in [0.29, 0.717) is 31.3 Å². The fraction of sp³-hybridized carbons (Fsp3) is 0.348. The van der Waals surface area contributed by atoms with E-state index in [0.717, 1.165) is 48.7 Å². The number of hydrogen-bond acceptors (Lipinski definition) is 8. The Labute approximate surface area is 181 Å². The summed E-state index contributed by atoms with van der Waals surface area (Å²) in [5, 5.41) is 12.7. The third-order valence-electron chi connectivity index (χ3n) is 5.70. The van der Waals surface area contributed by atoms with Gasteiger partial charge >= 0.3 is 0 Å². The average molecular weight is 416 g/mol. The van der Waals surface area contributed by atoms with E-state index in [2.05, 4.69) is 26.2 Å². The second kappa shape index (κ2) is 8.76. The molecule has 1 N–H and O–H groups in total. The molecule has 1 aromatic heterocycles. The van der Waals surface area contributed by atoms with Crippen molar-refractivity contribution in [2.75, 3.05) is 37.7 Å². The lowest BCUT2D eigenvalue weighted by Gasteiger charge is -2.37. The Morgan fingerprint density at radius 1 is 1.16 bits per heavy atom. The summed E-state index contributed by atoms with van der Waals surface area (Å²) in [6.07, 6.45) is 4.20. The normalized spacial score (nSPS) is 21.2. The zero-order valence-electron chi connectivity index (χ0n) is 17.2. The Balaban J connectivity index is 1.43. The zero-order valence-corrected chi connectivity index (χ0v) is 17.2. The molecule has 3 aliphatic rings. The summed E-state index contributed by atoms with van der Waals surface area (Å²) in [6, 6.07) is 13.8. The molecule has 1 atom stereocenters. The number of anilines is 1. The van der Waals surface area contributed by atoms with Gasteiger partial charge in [0.1, 0.15) is 12.4 Å². The maximum absolute atomic E-state index is 9.11. The fourth-order valence-corrected chi connectivity index (χ4v) is 4.06. The number of pyridine rings is 1. The molecule has 31 heavy (non-hydrogen) atoms. The van der Waals surface area contributed by atoms with Gasteiger partial charge in [0.25, 0.3) is 0 Å². The topological polar surface area (TPSA) is 86.0 Å². The van der Waals surface area contributed by atoms with Crippen LogP contribution in [0.15, 0.2) is 65.2 Å². The summed E-state index contributed by atoms with van der Waals surface area (Å²) in [5.74, 6) is 1.71. The first-order valence-electron chi connectivity index (χ1n) is 10.5. The van der Waals surface area contributed by atoms with Gasteiger partial charge in [-0.1, -0.05) is 6.07 Å². The van der Waals surface area contributed by atoms with Gasteiger partial charge in [-0.05, 0) is 36.8 Å². The Morgan fingerprint density at radius 2 is 2.00 bits per heavy atom. The van der Waals surface area contributed by atoms with E-state index < -0.39 is 0 Å². The van der Waals surface area contributed by atoms with Gasteiger partial charge < -0.3 is 19.7 Å². The van der Waals surface area contributed by atoms with Crippen LogP contribution < -0.4 is 10.2 Å². The standard InChI is InChI=1S/C23H24N6O2/c24-14-17-3-5-19(6-4-17)29-9-7-20-21(29)26-23(28-10-12-30-13-11-28)27-22(20)31-16-18-2-1-8-25-15-18/h1-6,8,15,23,26H,7,9-13,16H2. The van der Waals surface area contributed by atoms with Gasteiger partial charge in [-0.2, -0.15) is 5.26 Å². The lowest BCUT2D eigenvalue weighted by atomic mass is 10.2. The van der Waals surface area contributed by atoms with Crippen molar-refractivity contribution in [1.29, 1.82) is 5.26 Å². The maximum Gasteiger partial charge on any atom is 0.219 e. The summed E-state index contributed by atoms with van der Waals surface area (Å²) in [5.41, 5.74) is 3.79. The number of nitrogens with one attached hydrogen (secondary N) is 1. The number of nitriles is 1. The van der Waals surface area contributed by atoms with Gasteiger partial charge in [-0.15, -0.1) is 0 Å². The lowest BCUT2D eigenvalue weighted by Crippen LogP contribution is -2.53. The van der Waals surface area contributed by atoms with E-state index in [1.807, 2.05) is 42.6 Å². The molecule has 0 saturated carbocycles. The van der Waals surface area contributed by atoms with Gasteiger partial charge in [-0.3, -0.25) is 9.88 Å². The third kappa shape index (κ3) is 4.10. The van der Waals surface area contributed by atoms with Gasteiger partial charge in [0.05, 0.1) is 30.4 Å². The van der Waals surface area contributed by atoms with Crippen molar-refractivity contribution in [2.45, 2.75) is 19.3 Å². The van der Waals surface area contributed by atoms with Crippen LogP contribution in [0.1, 0.15) is 17.5 Å². The molecule has 0 aliphatic carbocycles. The number of benzene rings is 1. The van der Waals surface area contributed by atoms with Crippen molar-refractivity contribution in [3.63, 3.8) is 0 Å². The number of rotatable bonds is 4. The predicted molar refractivity (Wildman–Crippen MR) is 116 cm³/mol. The van der Waals surface area contributed by atoms with Crippen LogP contribution in [0.2, 0.25) is 0 Å². The van der Waals surface area contributed by atoms with Crippen molar-refractivity contribution >= 4 is 11.6 Å². The molecule has 8 nitrogen and oxygen atoms in total. The SMILES string of the molecule is N#Cc1ccc(N2CCC3=C2NC(N2CCOCC2)N=C3OCc2cccnc2)cc1. The van der Waals surface area contributed by atoms with Gasteiger partial charge in [-0.25, -0.2) is 4.99 Å². The largest absolute Gasteiger partial charge is 0.473 e. The van der Waals surface area contributed by atoms with Crippen LogP contribution in [0.4, 0.5) is 5.69 Å². The van der Waals surface area contributed by atoms with Crippen LogP contribution in [0.25, 0.3) is 0 Å². The van der Waals surface area contributed by atoms with E-state index in [9.17, 15) is 0 Å². The Bertz CT molecular complexity index is 1020. The summed E-state index contributed by atoms with van der Waals surface area (Å²) in [6.45, 7) is 4.29. The molecule has 1 saturated heterocycles. The van der Waals surface area contributed by atoms with E-state index in [1.54, 1.807) is 6.20 Å². The van der Waals surface area contributed by atoms with Crippen LogP contribution in [-0.4, -0.2) is 54.9 Å². The molecular weight excluding hydrogens is 392 g/mol. The molecule has 0 amide bonds. The van der Waals surface area contributed by atoms with Gasteiger partial charge in [0.15, 0.2) is 6.29 Å². The van der Waals surface area contributed by atoms with Crippen LogP contribution in [0.3, 0.4) is 0 Å². The molecular formula is C23H24N6O2. The van der Waals surface area contributed by atoms with Crippen LogP contribution >= 0.6 is 0 Å². The van der Waals surface area contributed by atoms with E-state index >= 15 is 0 Å². The molecule has 5 rings (SSSR count). The van der Waals surface area contributed by atoms with Gasteiger partial charge in [0, 0.05) is 43.3 Å². The summed E-state index contributed by atoms with van der Waals surface area (Å²) >= 11 is 0. The Morgan fingerprint density at radius 3 is 2.74 bits per heavy atom. The minimum Gasteiger partial charge on any atom is -0.473 e. The van der Waals surface area contributed by atoms with Crippen molar-refractivity contribution in [3.8, 4) is 6.07 Å². The summed E-state index contributed by atoms with van der Waals surface area (Å²) in [4.78, 5) is 13.6. The molecule has 0 bridgehead atoms. The van der Waals surface area contributed by atoms with Crippen LogP contribution in [0, 0.1) is 11.3 Å². The van der Waals surface area contributed by atoms with Crippen molar-refractivity contribution < 1.29 is 9.47 Å². The second-order valence-electron chi connectivity index (χ2n) is 7.64. The molecule has 1 unspecified atom stereocenters. The van der Waals surface area contributed by atoms with E-state index in [-0.39, 0.29) is 6.29 Å². The minimum atomic E-state index is -0.203. The molecule has 0 radical (unpaired) electrons. The predicted octanol–water partition coefficient (Wildman–Crippen LogP) is 2.21. The monoisotopic (exact) mass is 416 g/mol. The summed E-state index contributed by atoms with van der Waals surface area (Å²) in [7, 11) is 0. The Hall–Kier alpha value is -3.41. The second-order valence-corrected chi connectivity index (χ2v) is 7.64. The number of hydrogen-bond donors (Lipinski definition) is 1. The molecule has 1 fully saturated rings.